The molecule has 1 aromatic carbocycles. The fraction of sp³-hybridized carbons (Fsp3) is 0.273. The third kappa shape index (κ3) is 1.61. The average molecular weight is 223 g/mol. The third-order valence-corrected chi connectivity index (χ3v) is 2.90. The largest absolute Gasteiger partial charge is 0.0884 e. The first-order valence-electron chi connectivity index (χ1n) is 4.25. The van der Waals surface area contributed by atoms with Gasteiger partial charge in [-0.15, -0.1) is 0 Å². The van der Waals surface area contributed by atoms with E-state index in [9.17, 15) is 0 Å². The molecule has 62 valence electrons. The number of benzene rings is 1. The van der Waals surface area contributed by atoms with Crippen LogP contribution in [0.3, 0.4) is 0 Å². The van der Waals surface area contributed by atoms with Crippen LogP contribution in [0.2, 0.25) is 0 Å². The molecule has 0 bridgehead atoms. The maximum Gasteiger partial charge on any atom is 0.0220 e. The molecule has 0 radical (unpaired) electrons. The summed E-state index contributed by atoms with van der Waals surface area (Å²) in [7, 11) is 0. The fourth-order valence-corrected chi connectivity index (χ4v) is 2.10. The van der Waals surface area contributed by atoms with Crippen molar-refractivity contribution in [1.82, 2.24) is 0 Å². The molecule has 0 amide bonds. The Bertz CT molecular complexity index is 287. The fourth-order valence-electron chi connectivity index (χ4n) is 1.56. The van der Waals surface area contributed by atoms with Crippen LogP contribution < -0.4 is 0 Å². The molecule has 1 aliphatic rings. The second kappa shape index (κ2) is 3.44. The van der Waals surface area contributed by atoms with Crippen LogP contribution in [0.15, 0.2) is 36.4 Å². The zero-order valence-corrected chi connectivity index (χ0v) is 8.42. The first-order valence-corrected chi connectivity index (χ1v) is 5.16. The Kier molecular flexibility index (Phi) is 2.31. The maximum atomic E-state index is 3.62. The summed E-state index contributed by atoms with van der Waals surface area (Å²) < 4.78 is 0. The van der Waals surface area contributed by atoms with Crippen LogP contribution in [0.1, 0.15) is 18.4 Å². The minimum atomic E-state index is 0.660. The van der Waals surface area contributed by atoms with E-state index >= 15 is 0 Å². The van der Waals surface area contributed by atoms with Gasteiger partial charge in [-0.1, -0.05) is 52.3 Å². The normalized spacial score (nSPS) is 22.4. The monoisotopic (exact) mass is 222 g/mol. The summed E-state index contributed by atoms with van der Waals surface area (Å²) in [6.07, 6.45) is 4.67. The molecule has 0 nitrogen and oxygen atoms in total. The van der Waals surface area contributed by atoms with Crippen LogP contribution in [-0.2, 0) is 0 Å². The van der Waals surface area contributed by atoms with Gasteiger partial charge in [0.1, 0.15) is 0 Å². The van der Waals surface area contributed by atoms with Crippen LogP contribution in [0, 0.1) is 0 Å². The summed E-state index contributed by atoms with van der Waals surface area (Å²) >= 11 is 3.62. The van der Waals surface area contributed by atoms with Crippen molar-refractivity contribution in [3.05, 3.63) is 42.0 Å². The molecule has 1 atom stereocenters. The highest BCUT2D eigenvalue weighted by Gasteiger charge is 2.14. The molecule has 1 aromatic rings. The van der Waals surface area contributed by atoms with Crippen molar-refractivity contribution >= 4 is 21.5 Å². The van der Waals surface area contributed by atoms with Crippen molar-refractivity contribution < 1.29 is 0 Å². The van der Waals surface area contributed by atoms with E-state index in [4.69, 9.17) is 0 Å². The van der Waals surface area contributed by atoms with Crippen molar-refractivity contribution in [1.29, 1.82) is 0 Å². The smallest absolute Gasteiger partial charge is 0.0220 e. The standard InChI is InChI=1S/C11H11Br/c12-11-7-6-10(8-11)9-4-2-1-3-5-9/h1-6,11H,7-8H2. The first-order chi connectivity index (χ1) is 5.86. The van der Waals surface area contributed by atoms with Crippen LogP contribution in [0.5, 0.6) is 0 Å². The first kappa shape index (κ1) is 8.06. The summed E-state index contributed by atoms with van der Waals surface area (Å²) in [5, 5.41) is 0. The van der Waals surface area contributed by atoms with Crippen LogP contribution in [-0.4, -0.2) is 4.83 Å². The molecule has 1 aliphatic carbocycles. The van der Waals surface area contributed by atoms with E-state index in [0.29, 0.717) is 4.83 Å². The summed E-state index contributed by atoms with van der Waals surface area (Å²) in [6.45, 7) is 0. The Balaban J connectivity index is 2.22. The summed E-state index contributed by atoms with van der Waals surface area (Å²) in [5.74, 6) is 0. The van der Waals surface area contributed by atoms with Gasteiger partial charge < -0.3 is 0 Å². The summed E-state index contributed by atoms with van der Waals surface area (Å²) in [4.78, 5) is 0.660. The lowest BCUT2D eigenvalue weighted by Crippen LogP contribution is -1.88. The lowest BCUT2D eigenvalue weighted by Gasteiger charge is -2.01. The number of rotatable bonds is 1. The molecular formula is C11H11Br. The van der Waals surface area contributed by atoms with Gasteiger partial charge >= 0.3 is 0 Å². The lowest BCUT2D eigenvalue weighted by molar-refractivity contribution is 0.978. The third-order valence-electron chi connectivity index (χ3n) is 2.21. The summed E-state index contributed by atoms with van der Waals surface area (Å²) in [5.41, 5.74) is 2.86. The second-order valence-electron chi connectivity index (χ2n) is 3.13. The molecule has 2 rings (SSSR count). The van der Waals surface area contributed by atoms with Gasteiger partial charge in [-0.2, -0.15) is 0 Å². The Hall–Kier alpha value is -0.560. The summed E-state index contributed by atoms with van der Waals surface area (Å²) in [6, 6.07) is 10.6. The molecule has 0 heterocycles. The quantitative estimate of drug-likeness (QED) is 0.637. The molecule has 1 heteroatoms. The Labute approximate surface area is 81.4 Å². The van der Waals surface area contributed by atoms with Gasteiger partial charge in [0.2, 0.25) is 0 Å². The van der Waals surface area contributed by atoms with Crippen molar-refractivity contribution in [3.8, 4) is 0 Å². The van der Waals surface area contributed by atoms with Gasteiger partial charge in [0.15, 0.2) is 0 Å². The van der Waals surface area contributed by atoms with E-state index in [0.717, 1.165) is 0 Å². The lowest BCUT2D eigenvalue weighted by atomic mass is 10.1. The zero-order chi connectivity index (χ0) is 8.39. The number of hydrogen-bond acceptors (Lipinski definition) is 0. The highest BCUT2D eigenvalue weighted by atomic mass is 79.9. The molecule has 0 N–H and O–H groups in total. The van der Waals surface area contributed by atoms with E-state index in [1.807, 2.05) is 0 Å². The Morgan fingerprint density at radius 3 is 2.50 bits per heavy atom. The molecule has 12 heavy (non-hydrogen) atoms. The van der Waals surface area contributed by atoms with Crippen molar-refractivity contribution in [2.24, 2.45) is 0 Å². The van der Waals surface area contributed by atoms with Crippen LogP contribution in [0.4, 0.5) is 0 Å². The minimum absolute atomic E-state index is 0.660. The van der Waals surface area contributed by atoms with E-state index < -0.39 is 0 Å². The van der Waals surface area contributed by atoms with E-state index in [2.05, 4.69) is 52.3 Å². The van der Waals surface area contributed by atoms with Crippen LogP contribution in [0.25, 0.3) is 5.57 Å². The van der Waals surface area contributed by atoms with Gasteiger partial charge in [0.25, 0.3) is 0 Å². The minimum Gasteiger partial charge on any atom is -0.0884 e. The molecule has 0 spiro atoms. The molecule has 1 unspecified atom stereocenters. The van der Waals surface area contributed by atoms with Gasteiger partial charge in [0.05, 0.1) is 0 Å². The van der Waals surface area contributed by atoms with Gasteiger partial charge in [-0.25, -0.2) is 0 Å². The molecule has 0 saturated carbocycles. The number of alkyl halides is 1. The predicted molar refractivity (Wildman–Crippen MR) is 56.4 cm³/mol. The van der Waals surface area contributed by atoms with E-state index in [1.165, 1.54) is 24.0 Å². The SMILES string of the molecule is BrC1CC=C(c2ccccc2)C1. The van der Waals surface area contributed by atoms with Gasteiger partial charge in [-0.3, -0.25) is 0 Å². The van der Waals surface area contributed by atoms with Crippen LogP contribution >= 0.6 is 15.9 Å². The van der Waals surface area contributed by atoms with Crippen molar-refractivity contribution in [2.75, 3.05) is 0 Å². The molecular weight excluding hydrogens is 212 g/mol. The number of hydrogen-bond donors (Lipinski definition) is 0. The van der Waals surface area contributed by atoms with E-state index in [1.54, 1.807) is 0 Å². The number of halogens is 1. The zero-order valence-electron chi connectivity index (χ0n) is 6.83. The van der Waals surface area contributed by atoms with E-state index in [-0.39, 0.29) is 0 Å². The topological polar surface area (TPSA) is 0 Å². The van der Waals surface area contributed by atoms with Crippen molar-refractivity contribution in [2.45, 2.75) is 17.7 Å². The number of allylic oxidation sites excluding steroid dienone is 2. The molecule has 0 aromatic heterocycles. The Morgan fingerprint density at radius 1 is 1.17 bits per heavy atom. The van der Waals surface area contributed by atoms with Crippen molar-refractivity contribution in [3.63, 3.8) is 0 Å². The average Bonchev–Trinajstić information content (AvgIpc) is 2.54. The Morgan fingerprint density at radius 2 is 1.92 bits per heavy atom. The highest BCUT2D eigenvalue weighted by molar-refractivity contribution is 9.09. The second-order valence-corrected chi connectivity index (χ2v) is 4.43. The molecule has 0 saturated heterocycles. The predicted octanol–water partition coefficient (Wildman–Crippen LogP) is 3.63. The van der Waals surface area contributed by atoms with Gasteiger partial charge in [-0.05, 0) is 24.0 Å². The molecule has 0 fully saturated rings. The maximum absolute atomic E-state index is 3.62. The molecule has 0 aliphatic heterocycles. The highest BCUT2D eigenvalue weighted by Crippen LogP contribution is 2.31. The van der Waals surface area contributed by atoms with Gasteiger partial charge in [0, 0.05) is 4.83 Å².